The van der Waals surface area contributed by atoms with E-state index in [9.17, 15) is 0 Å². The number of nitrogens with zero attached hydrogens (tertiary/aromatic N) is 4. The van der Waals surface area contributed by atoms with E-state index in [2.05, 4.69) is 20.6 Å². The summed E-state index contributed by atoms with van der Waals surface area (Å²) in [5.41, 5.74) is 2.66. The maximum atomic E-state index is 5.84. The van der Waals surface area contributed by atoms with Crippen LogP contribution in [0.1, 0.15) is 5.76 Å². The lowest BCUT2D eigenvalue weighted by Crippen LogP contribution is -2.03. The molecule has 4 aromatic heterocycles. The number of fused-ring (bicyclic) bond motifs is 3. The van der Waals surface area contributed by atoms with Crippen molar-refractivity contribution in [2.75, 3.05) is 19.4 Å². The standard InChI is InChI=1S/C15H16N6OS/c1-16-6-8-4-5-9(22-8)14-19-11-12-10(18-7-21(12)3)13(17-2)20-15(11)23-14/h4-5,7,16H,6H2,1-3H3,(H,17,20). The van der Waals surface area contributed by atoms with E-state index in [-0.39, 0.29) is 0 Å². The zero-order chi connectivity index (χ0) is 16.0. The van der Waals surface area contributed by atoms with Crippen molar-refractivity contribution in [3.8, 4) is 10.8 Å². The summed E-state index contributed by atoms with van der Waals surface area (Å²) in [5.74, 6) is 2.41. The fourth-order valence-corrected chi connectivity index (χ4v) is 3.53. The second-order valence-electron chi connectivity index (χ2n) is 5.23. The second kappa shape index (κ2) is 5.32. The largest absolute Gasteiger partial charge is 0.457 e. The quantitative estimate of drug-likeness (QED) is 0.599. The summed E-state index contributed by atoms with van der Waals surface area (Å²) >= 11 is 1.52. The predicted molar refractivity (Wildman–Crippen MR) is 91.7 cm³/mol. The molecule has 0 aliphatic heterocycles. The summed E-state index contributed by atoms with van der Waals surface area (Å²) in [4.78, 5) is 14.7. The molecule has 0 aliphatic rings. The highest BCUT2D eigenvalue weighted by Crippen LogP contribution is 2.35. The molecule has 0 spiro atoms. The maximum absolute atomic E-state index is 5.84. The topological polar surface area (TPSA) is 80.8 Å². The van der Waals surface area contributed by atoms with Crippen molar-refractivity contribution in [2.45, 2.75) is 6.54 Å². The van der Waals surface area contributed by atoms with Crippen LogP contribution in [0.2, 0.25) is 0 Å². The minimum atomic E-state index is 0.693. The SMILES string of the molecule is CNCc1ccc(-c2nc3c(nc(NC)c4ncn(C)c43)s2)o1. The van der Waals surface area contributed by atoms with Crippen LogP contribution in [0.25, 0.3) is 32.1 Å². The number of rotatable bonds is 4. The van der Waals surface area contributed by atoms with Crippen molar-refractivity contribution in [1.29, 1.82) is 0 Å². The van der Waals surface area contributed by atoms with Gasteiger partial charge in [0.05, 0.1) is 12.9 Å². The molecule has 0 saturated heterocycles. The molecule has 0 saturated carbocycles. The van der Waals surface area contributed by atoms with Crippen LogP contribution in [0.4, 0.5) is 5.82 Å². The number of nitrogens with one attached hydrogen (secondary N) is 2. The molecule has 23 heavy (non-hydrogen) atoms. The molecular formula is C15H16N6OS. The van der Waals surface area contributed by atoms with E-state index in [1.807, 2.05) is 37.8 Å². The summed E-state index contributed by atoms with van der Waals surface area (Å²) in [7, 11) is 5.70. The van der Waals surface area contributed by atoms with Gasteiger partial charge in [-0.15, -0.1) is 0 Å². The van der Waals surface area contributed by atoms with Crippen LogP contribution in [0, 0.1) is 0 Å². The molecule has 0 radical (unpaired) electrons. The zero-order valence-corrected chi connectivity index (χ0v) is 13.9. The fourth-order valence-electron chi connectivity index (χ4n) is 2.62. The molecule has 0 amide bonds. The van der Waals surface area contributed by atoms with E-state index >= 15 is 0 Å². The molecule has 0 aliphatic carbocycles. The molecule has 0 atom stereocenters. The number of aryl methyl sites for hydroxylation is 1. The maximum Gasteiger partial charge on any atom is 0.163 e. The van der Waals surface area contributed by atoms with Gasteiger partial charge in [-0.25, -0.2) is 15.0 Å². The summed E-state index contributed by atoms with van der Waals surface area (Å²) in [6.07, 6.45) is 1.78. The number of hydrogen-bond acceptors (Lipinski definition) is 7. The average molecular weight is 328 g/mol. The third-order valence-electron chi connectivity index (χ3n) is 3.67. The number of imidazole rings is 1. The highest BCUT2D eigenvalue weighted by Gasteiger charge is 2.18. The molecular weight excluding hydrogens is 312 g/mol. The Morgan fingerprint density at radius 3 is 2.87 bits per heavy atom. The van der Waals surface area contributed by atoms with Gasteiger partial charge in [0.25, 0.3) is 0 Å². The van der Waals surface area contributed by atoms with Gasteiger partial charge in [-0.1, -0.05) is 11.3 Å². The Hall–Kier alpha value is -2.45. The monoisotopic (exact) mass is 328 g/mol. The molecule has 118 valence electrons. The minimum Gasteiger partial charge on any atom is -0.457 e. The first-order chi connectivity index (χ1) is 11.2. The van der Waals surface area contributed by atoms with E-state index in [1.165, 1.54) is 11.3 Å². The molecule has 4 rings (SSSR count). The van der Waals surface area contributed by atoms with E-state index in [1.54, 1.807) is 6.33 Å². The van der Waals surface area contributed by atoms with Gasteiger partial charge in [0.15, 0.2) is 16.6 Å². The zero-order valence-electron chi connectivity index (χ0n) is 13.0. The van der Waals surface area contributed by atoms with Gasteiger partial charge < -0.3 is 19.6 Å². The lowest BCUT2D eigenvalue weighted by Gasteiger charge is -2.01. The Balaban J connectivity index is 1.92. The molecule has 8 heteroatoms. The number of pyridine rings is 1. The van der Waals surface area contributed by atoms with Gasteiger partial charge in [0.1, 0.15) is 27.1 Å². The molecule has 0 unspecified atom stereocenters. The Bertz CT molecular complexity index is 998. The normalized spacial score (nSPS) is 11.6. The molecule has 0 bridgehead atoms. The Labute approximate surface area is 136 Å². The van der Waals surface area contributed by atoms with Crippen LogP contribution >= 0.6 is 11.3 Å². The van der Waals surface area contributed by atoms with Crippen LogP contribution < -0.4 is 10.6 Å². The van der Waals surface area contributed by atoms with E-state index in [0.29, 0.717) is 6.54 Å². The Morgan fingerprint density at radius 2 is 2.09 bits per heavy atom. The number of thiazole rings is 1. The predicted octanol–water partition coefficient (Wildman–Crippen LogP) is 2.60. The van der Waals surface area contributed by atoms with Crippen molar-refractivity contribution >= 4 is 38.5 Å². The molecule has 4 aromatic rings. The van der Waals surface area contributed by atoms with E-state index in [4.69, 9.17) is 9.40 Å². The van der Waals surface area contributed by atoms with Crippen LogP contribution in [0.3, 0.4) is 0 Å². The lowest BCUT2D eigenvalue weighted by molar-refractivity contribution is 0.507. The molecule has 4 heterocycles. The number of aromatic nitrogens is 4. The smallest absolute Gasteiger partial charge is 0.163 e. The molecule has 7 nitrogen and oxygen atoms in total. The first-order valence-corrected chi connectivity index (χ1v) is 8.06. The van der Waals surface area contributed by atoms with Crippen molar-refractivity contribution < 1.29 is 4.42 Å². The number of furan rings is 1. The van der Waals surface area contributed by atoms with Gasteiger partial charge in [-0.05, 0) is 19.2 Å². The third kappa shape index (κ3) is 2.18. The number of hydrogen-bond donors (Lipinski definition) is 2. The average Bonchev–Trinajstić information content (AvgIpc) is 3.24. The highest BCUT2D eigenvalue weighted by molar-refractivity contribution is 7.21. The highest BCUT2D eigenvalue weighted by atomic mass is 32.1. The van der Waals surface area contributed by atoms with E-state index < -0.39 is 0 Å². The first kappa shape index (κ1) is 14.2. The van der Waals surface area contributed by atoms with Crippen LogP contribution in [0.5, 0.6) is 0 Å². The summed E-state index contributed by atoms with van der Waals surface area (Å²) in [6, 6.07) is 3.91. The number of anilines is 1. The fraction of sp³-hybridized carbons (Fsp3) is 0.267. The Morgan fingerprint density at radius 1 is 1.22 bits per heavy atom. The summed E-state index contributed by atoms with van der Waals surface area (Å²) in [6.45, 7) is 0.693. The third-order valence-corrected chi connectivity index (χ3v) is 4.63. The van der Waals surface area contributed by atoms with Gasteiger partial charge in [0, 0.05) is 14.1 Å². The second-order valence-corrected chi connectivity index (χ2v) is 6.21. The van der Waals surface area contributed by atoms with Crippen molar-refractivity contribution in [3.05, 3.63) is 24.2 Å². The van der Waals surface area contributed by atoms with Crippen LogP contribution in [-0.2, 0) is 13.6 Å². The minimum absolute atomic E-state index is 0.693. The first-order valence-electron chi connectivity index (χ1n) is 7.24. The van der Waals surface area contributed by atoms with Crippen LogP contribution in [-0.4, -0.2) is 33.6 Å². The van der Waals surface area contributed by atoms with Gasteiger partial charge in [0.2, 0.25) is 0 Å². The van der Waals surface area contributed by atoms with Crippen molar-refractivity contribution in [1.82, 2.24) is 24.8 Å². The van der Waals surface area contributed by atoms with Crippen LogP contribution in [0.15, 0.2) is 22.9 Å². The molecule has 0 aromatic carbocycles. The van der Waals surface area contributed by atoms with Crippen molar-refractivity contribution in [2.24, 2.45) is 7.05 Å². The van der Waals surface area contributed by atoms with E-state index in [0.717, 1.165) is 43.7 Å². The van der Waals surface area contributed by atoms with Crippen molar-refractivity contribution in [3.63, 3.8) is 0 Å². The van der Waals surface area contributed by atoms with Gasteiger partial charge >= 0.3 is 0 Å². The molecule has 2 N–H and O–H groups in total. The molecule has 0 fully saturated rings. The lowest BCUT2D eigenvalue weighted by atomic mass is 10.3. The summed E-state index contributed by atoms with van der Waals surface area (Å²) < 4.78 is 7.81. The Kier molecular flexibility index (Phi) is 3.28. The van der Waals surface area contributed by atoms with Gasteiger partial charge in [-0.3, -0.25) is 0 Å². The van der Waals surface area contributed by atoms with Gasteiger partial charge in [-0.2, -0.15) is 0 Å². The summed E-state index contributed by atoms with van der Waals surface area (Å²) in [5, 5.41) is 7.01.